The fraction of sp³-hybridized carbons (Fsp3) is 0.727. The molecule has 1 aliphatic heterocycles. The van der Waals surface area contributed by atoms with Gasteiger partial charge in [0.05, 0.1) is 12.5 Å². The van der Waals surface area contributed by atoms with Crippen molar-refractivity contribution in [2.75, 3.05) is 13.2 Å². The molecule has 0 aromatic rings. The molecule has 0 spiro atoms. The van der Waals surface area contributed by atoms with Crippen LogP contribution in [0.25, 0.3) is 0 Å². The van der Waals surface area contributed by atoms with Crippen LogP contribution < -0.4 is 11.1 Å². The number of aliphatic carboxylic acids is 1. The molecule has 0 saturated carbocycles. The van der Waals surface area contributed by atoms with Crippen LogP contribution in [0.5, 0.6) is 0 Å². The van der Waals surface area contributed by atoms with Gasteiger partial charge in [-0.2, -0.15) is 0 Å². The van der Waals surface area contributed by atoms with Gasteiger partial charge in [-0.1, -0.05) is 0 Å². The van der Waals surface area contributed by atoms with Crippen LogP contribution in [0.15, 0.2) is 0 Å². The zero-order chi connectivity index (χ0) is 13.5. The zero-order valence-electron chi connectivity index (χ0n) is 10.1. The third kappa shape index (κ3) is 4.70. The Kier molecular flexibility index (Phi) is 5.57. The number of carbonyl (C=O) groups excluding carboxylic acids is 2. The molecule has 2 amide bonds. The van der Waals surface area contributed by atoms with Crippen molar-refractivity contribution in [3.63, 3.8) is 0 Å². The van der Waals surface area contributed by atoms with Gasteiger partial charge in [-0.05, 0) is 19.3 Å². The van der Waals surface area contributed by atoms with Crippen molar-refractivity contribution in [2.45, 2.75) is 31.7 Å². The van der Waals surface area contributed by atoms with Crippen molar-refractivity contribution in [1.29, 1.82) is 0 Å². The largest absolute Gasteiger partial charge is 0.480 e. The highest BCUT2D eigenvalue weighted by Crippen LogP contribution is 2.14. The highest BCUT2D eigenvalue weighted by molar-refractivity contribution is 5.85. The van der Waals surface area contributed by atoms with Crippen LogP contribution in [0.2, 0.25) is 0 Å². The Morgan fingerprint density at radius 1 is 1.44 bits per heavy atom. The minimum atomic E-state index is -1.17. The quantitative estimate of drug-likeness (QED) is 0.579. The highest BCUT2D eigenvalue weighted by Gasteiger charge is 2.26. The average molecular weight is 258 g/mol. The Morgan fingerprint density at radius 2 is 2.17 bits per heavy atom. The molecule has 1 rings (SSSR count). The Morgan fingerprint density at radius 3 is 2.67 bits per heavy atom. The molecule has 4 N–H and O–H groups in total. The van der Waals surface area contributed by atoms with Crippen LogP contribution >= 0.6 is 0 Å². The Hall–Kier alpha value is -1.63. The molecule has 1 heterocycles. The van der Waals surface area contributed by atoms with Gasteiger partial charge in [0.25, 0.3) is 0 Å². The van der Waals surface area contributed by atoms with E-state index in [1.807, 2.05) is 0 Å². The minimum Gasteiger partial charge on any atom is -0.480 e. The van der Waals surface area contributed by atoms with Crippen LogP contribution in [0.3, 0.4) is 0 Å². The number of nitrogens with one attached hydrogen (secondary N) is 1. The number of hydrogen-bond acceptors (Lipinski definition) is 4. The molecular formula is C11H18N2O5. The average Bonchev–Trinajstić information content (AvgIpc) is 2.34. The first kappa shape index (κ1) is 14.4. The number of amides is 2. The molecule has 0 radical (unpaired) electrons. The predicted octanol–water partition coefficient (Wildman–Crippen LogP) is -0.752. The highest BCUT2D eigenvalue weighted by atomic mass is 16.5. The van der Waals surface area contributed by atoms with E-state index in [9.17, 15) is 14.4 Å². The minimum absolute atomic E-state index is 0.00395. The summed E-state index contributed by atoms with van der Waals surface area (Å²) < 4.78 is 5.16. The number of rotatable bonds is 6. The summed E-state index contributed by atoms with van der Waals surface area (Å²) in [4.78, 5) is 33.3. The molecule has 1 unspecified atom stereocenters. The molecule has 0 bridgehead atoms. The second-order valence-corrected chi connectivity index (χ2v) is 4.32. The molecule has 1 fully saturated rings. The maximum absolute atomic E-state index is 11.8. The first-order chi connectivity index (χ1) is 8.50. The normalized spacial score (nSPS) is 21.0. The lowest BCUT2D eigenvalue weighted by Gasteiger charge is -2.23. The zero-order valence-corrected chi connectivity index (χ0v) is 10.1. The van der Waals surface area contributed by atoms with Crippen molar-refractivity contribution in [1.82, 2.24) is 5.32 Å². The summed E-state index contributed by atoms with van der Waals surface area (Å²) in [5.41, 5.74) is 4.95. The van der Waals surface area contributed by atoms with E-state index in [1.165, 1.54) is 0 Å². The Balaban J connectivity index is 2.46. The summed E-state index contributed by atoms with van der Waals surface area (Å²) in [7, 11) is 0. The molecule has 2 atom stereocenters. The summed E-state index contributed by atoms with van der Waals surface area (Å²) >= 11 is 0. The number of ether oxygens (including phenoxy) is 1. The van der Waals surface area contributed by atoms with E-state index in [2.05, 4.69) is 5.32 Å². The number of hydrogen-bond donors (Lipinski definition) is 3. The first-order valence-electron chi connectivity index (χ1n) is 5.90. The van der Waals surface area contributed by atoms with Crippen LogP contribution in [0, 0.1) is 5.92 Å². The van der Waals surface area contributed by atoms with Gasteiger partial charge in [-0.3, -0.25) is 9.59 Å². The van der Waals surface area contributed by atoms with Gasteiger partial charge in [-0.25, -0.2) is 4.79 Å². The van der Waals surface area contributed by atoms with E-state index >= 15 is 0 Å². The molecular weight excluding hydrogens is 240 g/mol. The second-order valence-electron chi connectivity index (χ2n) is 4.32. The molecule has 0 aliphatic carbocycles. The molecule has 18 heavy (non-hydrogen) atoms. The summed E-state index contributed by atoms with van der Waals surface area (Å²) in [5, 5.41) is 11.4. The smallest absolute Gasteiger partial charge is 0.326 e. The van der Waals surface area contributed by atoms with Crippen LogP contribution in [0.1, 0.15) is 25.7 Å². The van der Waals surface area contributed by atoms with Crippen molar-refractivity contribution < 1.29 is 24.2 Å². The lowest BCUT2D eigenvalue weighted by atomic mass is 10.0. The van der Waals surface area contributed by atoms with E-state index in [4.69, 9.17) is 15.6 Å². The SMILES string of the molecule is NC(=O)CC[C@H](NC(=O)C1CCCOC1)C(=O)O. The molecule has 0 aromatic carbocycles. The standard InChI is InChI=1S/C11H18N2O5/c12-9(14)4-3-8(11(16)17)13-10(15)7-2-1-5-18-6-7/h7-8H,1-6H2,(H2,12,14)(H,13,15)(H,16,17)/t7?,8-/m0/s1. The molecule has 1 saturated heterocycles. The number of carbonyl (C=O) groups is 3. The fourth-order valence-electron chi connectivity index (χ4n) is 1.78. The van der Waals surface area contributed by atoms with E-state index in [0.29, 0.717) is 19.6 Å². The van der Waals surface area contributed by atoms with E-state index in [-0.39, 0.29) is 24.7 Å². The summed E-state index contributed by atoms with van der Waals surface area (Å²) in [5.74, 6) is -2.40. The third-order valence-corrected chi connectivity index (χ3v) is 2.83. The van der Waals surface area contributed by atoms with Gasteiger partial charge in [0.1, 0.15) is 6.04 Å². The van der Waals surface area contributed by atoms with Gasteiger partial charge in [0, 0.05) is 13.0 Å². The van der Waals surface area contributed by atoms with Gasteiger partial charge in [0.2, 0.25) is 11.8 Å². The maximum Gasteiger partial charge on any atom is 0.326 e. The van der Waals surface area contributed by atoms with Crippen LogP contribution in [-0.4, -0.2) is 42.1 Å². The van der Waals surface area contributed by atoms with Gasteiger partial charge in [-0.15, -0.1) is 0 Å². The topological polar surface area (TPSA) is 119 Å². The van der Waals surface area contributed by atoms with Gasteiger partial charge >= 0.3 is 5.97 Å². The number of nitrogens with two attached hydrogens (primary N) is 1. The summed E-state index contributed by atoms with van der Waals surface area (Å²) in [6, 6.07) is -1.08. The number of carboxylic acids is 1. The Bertz CT molecular complexity index is 325. The maximum atomic E-state index is 11.8. The van der Waals surface area contributed by atoms with E-state index < -0.39 is 17.9 Å². The van der Waals surface area contributed by atoms with Crippen LogP contribution in [0.4, 0.5) is 0 Å². The van der Waals surface area contributed by atoms with Gasteiger partial charge < -0.3 is 20.9 Å². The lowest BCUT2D eigenvalue weighted by Crippen LogP contribution is -2.45. The third-order valence-electron chi connectivity index (χ3n) is 2.83. The predicted molar refractivity (Wildman–Crippen MR) is 61.5 cm³/mol. The Labute approximate surface area is 105 Å². The number of carboxylic acid groups (broad SMARTS) is 1. The molecule has 7 heteroatoms. The summed E-state index contributed by atoms with van der Waals surface area (Å²) in [6.45, 7) is 0.946. The monoisotopic (exact) mass is 258 g/mol. The van der Waals surface area contributed by atoms with Crippen LogP contribution in [-0.2, 0) is 19.1 Å². The van der Waals surface area contributed by atoms with Crippen molar-refractivity contribution in [3.8, 4) is 0 Å². The number of primary amides is 1. The summed E-state index contributed by atoms with van der Waals surface area (Å²) in [6.07, 6.45) is 1.41. The molecule has 0 aromatic heterocycles. The lowest BCUT2D eigenvalue weighted by molar-refractivity contribution is -0.143. The van der Waals surface area contributed by atoms with Crippen molar-refractivity contribution in [3.05, 3.63) is 0 Å². The fourth-order valence-corrected chi connectivity index (χ4v) is 1.78. The second kappa shape index (κ2) is 6.95. The van der Waals surface area contributed by atoms with Gasteiger partial charge in [0.15, 0.2) is 0 Å². The van der Waals surface area contributed by atoms with Crippen molar-refractivity contribution >= 4 is 17.8 Å². The van der Waals surface area contributed by atoms with E-state index in [0.717, 1.165) is 6.42 Å². The van der Waals surface area contributed by atoms with E-state index in [1.54, 1.807) is 0 Å². The molecule has 1 aliphatic rings. The molecule has 102 valence electrons. The molecule has 7 nitrogen and oxygen atoms in total. The first-order valence-corrected chi connectivity index (χ1v) is 5.90. The van der Waals surface area contributed by atoms with Crippen molar-refractivity contribution in [2.24, 2.45) is 11.7 Å².